The molecular formula is C22H25F2N3O2. The molecule has 154 valence electrons. The summed E-state index contributed by atoms with van der Waals surface area (Å²) in [4.78, 5) is 14.5. The predicted octanol–water partition coefficient (Wildman–Crippen LogP) is 2.96. The number of halogens is 2. The van der Waals surface area contributed by atoms with Crippen molar-refractivity contribution in [2.75, 3.05) is 0 Å². The minimum atomic E-state index is -1.01. The molecule has 5 rings (SSSR count). The van der Waals surface area contributed by atoms with Crippen molar-refractivity contribution < 1.29 is 13.9 Å². The number of piperidine rings is 1. The van der Waals surface area contributed by atoms with Gasteiger partial charge in [-0.05, 0) is 62.8 Å². The second-order valence-corrected chi connectivity index (χ2v) is 8.95. The average molecular weight is 401 g/mol. The summed E-state index contributed by atoms with van der Waals surface area (Å²) in [6.45, 7) is 0.520. The highest BCUT2D eigenvalue weighted by molar-refractivity contribution is 5.20. The Morgan fingerprint density at radius 1 is 1.07 bits per heavy atom. The fraction of sp³-hybridized carbons (Fsp3) is 0.545. The van der Waals surface area contributed by atoms with Gasteiger partial charge in [-0.2, -0.15) is 5.10 Å². The van der Waals surface area contributed by atoms with Crippen molar-refractivity contribution in [2.45, 2.75) is 75.2 Å². The van der Waals surface area contributed by atoms with Gasteiger partial charge in [0, 0.05) is 36.2 Å². The molecule has 2 aliphatic heterocycles. The van der Waals surface area contributed by atoms with E-state index in [1.807, 2.05) is 0 Å². The van der Waals surface area contributed by atoms with E-state index in [4.69, 9.17) is 0 Å². The van der Waals surface area contributed by atoms with E-state index in [0.29, 0.717) is 30.9 Å². The molecule has 1 aromatic carbocycles. The van der Waals surface area contributed by atoms with Crippen LogP contribution in [-0.2, 0) is 13.1 Å². The number of aromatic nitrogens is 2. The van der Waals surface area contributed by atoms with Crippen molar-refractivity contribution in [3.63, 3.8) is 0 Å². The molecule has 0 spiro atoms. The molecule has 0 unspecified atom stereocenters. The summed E-state index contributed by atoms with van der Waals surface area (Å²) < 4.78 is 29.1. The van der Waals surface area contributed by atoms with E-state index in [1.165, 1.54) is 10.7 Å². The van der Waals surface area contributed by atoms with E-state index in [-0.39, 0.29) is 24.2 Å². The van der Waals surface area contributed by atoms with E-state index in [2.05, 4.69) is 10.00 Å². The van der Waals surface area contributed by atoms with Crippen LogP contribution in [0.5, 0.6) is 0 Å². The van der Waals surface area contributed by atoms with Gasteiger partial charge in [0.25, 0.3) is 5.56 Å². The van der Waals surface area contributed by atoms with Crippen LogP contribution in [0.15, 0.2) is 35.1 Å². The predicted molar refractivity (Wildman–Crippen MR) is 103 cm³/mol. The number of nitrogens with zero attached hydrogens (tertiary/aromatic N) is 3. The van der Waals surface area contributed by atoms with E-state index >= 15 is 0 Å². The van der Waals surface area contributed by atoms with Crippen LogP contribution < -0.4 is 5.56 Å². The zero-order valence-electron chi connectivity index (χ0n) is 16.2. The van der Waals surface area contributed by atoms with Gasteiger partial charge in [0.05, 0.1) is 17.8 Å². The number of rotatable bonds is 5. The Morgan fingerprint density at radius 3 is 2.48 bits per heavy atom. The van der Waals surface area contributed by atoms with Gasteiger partial charge in [0.15, 0.2) is 0 Å². The molecule has 29 heavy (non-hydrogen) atoms. The molecule has 3 fully saturated rings. The van der Waals surface area contributed by atoms with E-state index in [1.54, 1.807) is 12.1 Å². The summed E-state index contributed by atoms with van der Waals surface area (Å²) >= 11 is 0. The first kappa shape index (κ1) is 18.9. The molecule has 3 heterocycles. The van der Waals surface area contributed by atoms with Crippen LogP contribution in [0.25, 0.3) is 0 Å². The maximum Gasteiger partial charge on any atom is 0.266 e. The number of aliphatic hydroxyl groups is 1. The second-order valence-electron chi connectivity index (χ2n) is 8.95. The fourth-order valence-corrected chi connectivity index (χ4v) is 5.12. The molecule has 7 heteroatoms. The Kier molecular flexibility index (Phi) is 4.55. The fourth-order valence-electron chi connectivity index (χ4n) is 5.12. The van der Waals surface area contributed by atoms with E-state index in [9.17, 15) is 18.7 Å². The van der Waals surface area contributed by atoms with Crippen LogP contribution in [0, 0.1) is 11.6 Å². The third-order valence-corrected chi connectivity index (χ3v) is 6.69. The molecule has 2 bridgehead atoms. The molecule has 1 N–H and O–H groups in total. The average Bonchev–Trinajstić information content (AvgIpc) is 3.48. The van der Waals surface area contributed by atoms with E-state index < -0.39 is 17.2 Å². The molecule has 5 nitrogen and oxygen atoms in total. The third-order valence-electron chi connectivity index (χ3n) is 6.69. The maximum atomic E-state index is 14.1. The first-order valence-electron chi connectivity index (χ1n) is 10.4. The smallest absolute Gasteiger partial charge is 0.266 e. The van der Waals surface area contributed by atoms with Crippen molar-refractivity contribution in [1.82, 2.24) is 14.7 Å². The summed E-state index contributed by atoms with van der Waals surface area (Å²) in [7, 11) is 0. The highest BCUT2D eigenvalue weighted by Crippen LogP contribution is 2.42. The van der Waals surface area contributed by atoms with Crippen molar-refractivity contribution in [3.05, 3.63) is 63.6 Å². The largest absolute Gasteiger partial charge is 0.388 e. The van der Waals surface area contributed by atoms with Crippen LogP contribution in [0.4, 0.5) is 8.78 Å². The number of hydrogen-bond donors (Lipinski definition) is 1. The van der Waals surface area contributed by atoms with Gasteiger partial charge in [0.2, 0.25) is 0 Å². The Hall–Kier alpha value is -2.12. The molecule has 2 saturated heterocycles. The molecule has 0 amide bonds. The van der Waals surface area contributed by atoms with Crippen LogP contribution in [0.3, 0.4) is 0 Å². The standard InChI is InChI=1S/C22H25F2N3O2/c23-16-3-6-19(24)15(9-16)12-26-17-4-5-18(26)11-22(29,10-17)13-27-21(28)8-7-20(25-27)14-1-2-14/h3,6-9,14,17-18,29H,1-2,4-5,10-13H2/t17-,18-/m0/s1. The lowest BCUT2D eigenvalue weighted by Crippen LogP contribution is -2.53. The molecule has 3 aliphatic rings. The van der Waals surface area contributed by atoms with Gasteiger partial charge in [-0.25, -0.2) is 13.5 Å². The Labute approximate surface area is 168 Å². The SMILES string of the molecule is O=c1ccc(C2CC2)nn1CC1(O)C[C@@H]2CC[C@@H](C1)N2Cc1cc(F)ccc1F. The van der Waals surface area contributed by atoms with Crippen LogP contribution in [0.1, 0.15) is 55.7 Å². The highest BCUT2D eigenvalue weighted by atomic mass is 19.1. The summed E-state index contributed by atoms with van der Waals surface area (Å²) in [5.41, 5.74) is 0.0685. The van der Waals surface area contributed by atoms with Gasteiger partial charge in [-0.15, -0.1) is 0 Å². The lowest BCUT2D eigenvalue weighted by Gasteiger charge is -2.43. The van der Waals surface area contributed by atoms with Gasteiger partial charge >= 0.3 is 0 Å². The molecule has 2 atom stereocenters. The first-order chi connectivity index (χ1) is 13.9. The number of fused-ring (bicyclic) bond motifs is 2. The first-order valence-corrected chi connectivity index (χ1v) is 10.4. The summed E-state index contributed by atoms with van der Waals surface area (Å²) in [5.74, 6) is -0.404. The van der Waals surface area contributed by atoms with Crippen LogP contribution >= 0.6 is 0 Å². The zero-order chi connectivity index (χ0) is 20.2. The van der Waals surface area contributed by atoms with Crippen molar-refractivity contribution in [3.8, 4) is 0 Å². The monoisotopic (exact) mass is 401 g/mol. The Morgan fingerprint density at radius 2 is 1.79 bits per heavy atom. The number of hydrogen-bond acceptors (Lipinski definition) is 4. The molecule has 1 saturated carbocycles. The summed E-state index contributed by atoms with van der Waals surface area (Å²) in [5, 5.41) is 15.8. The van der Waals surface area contributed by atoms with Crippen molar-refractivity contribution in [2.24, 2.45) is 0 Å². The summed E-state index contributed by atoms with van der Waals surface area (Å²) in [6.07, 6.45) is 5.03. The highest BCUT2D eigenvalue weighted by Gasteiger charge is 2.48. The molecule has 1 aliphatic carbocycles. The van der Waals surface area contributed by atoms with Gasteiger partial charge in [-0.3, -0.25) is 9.69 Å². The van der Waals surface area contributed by atoms with Crippen LogP contribution in [-0.4, -0.2) is 37.5 Å². The summed E-state index contributed by atoms with van der Waals surface area (Å²) in [6, 6.07) is 7.05. The Bertz CT molecular complexity index is 974. The number of benzene rings is 1. The van der Waals surface area contributed by atoms with Gasteiger partial charge in [0.1, 0.15) is 11.6 Å². The van der Waals surface area contributed by atoms with Crippen molar-refractivity contribution in [1.29, 1.82) is 0 Å². The lowest BCUT2D eigenvalue weighted by molar-refractivity contribution is -0.0680. The van der Waals surface area contributed by atoms with Crippen LogP contribution in [0.2, 0.25) is 0 Å². The quantitative estimate of drug-likeness (QED) is 0.837. The minimum absolute atomic E-state index is 0.0868. The third kappa shape index (κ3) is 3.73. The zero-order valence-corrected chi connectivity index (χ0v) is 16.2. The normalized spacial score (nSPS) is 29.3. The van der Waals surface area contributed by atoms with E-state index in [0.717, 1.165) is 43.5 Å². The minimum Gasteiger partial charge on any atom is -0.388 e. The molecule has 0 radical (unpaired) electrons. The molecular weight excluding hydrogens is 376 g/mol. The maximum absolute atomic E-state index is 14.1. The molecule has 2 aromatic rings. The van der Waals surface area contributed by atoms with Crippen molar-refractivity contribution >= 4 is 0 Å². The molecule has 1 aromatic heterocycles. The Balaban J connectivity index is 1.33. The van der Waals surface area contributed by atoms with Gasteiger partial charge < -0.3 is 5.11 Å². The second kappa shape index (κ2) is 6.99. The topological polar surface area (TPSA) is 58.4 Å². The van der Waals surface area contributed by atoms with Gasteiger partial charge in [-0.1, -0.05) is 0 Å². The lowest BCUT2D eigenvalue weighted by atomic mass is 9.85.